The van der Waals surface area contributed by atoms with Crippen molar-refractivity contribution in [1.82, 2.24) is 14.9 Å². The van der Waals surface area contributed by atoms with Crippen LogP contribution in [0.15, 0.2) is 60.7 Å². The van der Waals surface area contributed by atoms with E-state index in [4.69, 9.17) is 0 Å². The van der Waals surface area contributed by atoms with Gasteiger partial charge in [0.15, 0.2) is 0 Å². The Balaban J connectivity index is 1.87. The Morgan fingerprint density at radius 1 is 1.00 bits per heavy atom. The summed E-state index contributed by atoms with van der Waals surface area (Å²) in [6.07, 6.45) is 0. The maximum absolute atomic E-state index is 13.2. The zero-order chi connectivity index (χ0) is 20.1. The Morgan fingerprint density at radius 3 is 2.36 bits per heavy atom. The molecule has 3 aromatic rings. The first-order chi connectivity index (χ1) is 13.4. The highest BCUT2D eigenvalue weighted by Crippen LogP contribution is 2.20. The molecule has 1 heterocycles. The lowest BCUT2D eigenvalue weighted by Crippen LogP contribution is -2.37. The summed E-state index contributed by atoms with van der Waals surface area (Å²) in [5.74, 6) is 1.08. The van der Waals surface area contributed by atoms with E-state index in [-0.39, 0.29) is 11.9 Å². The van der Waals surface area contributed by atoms with Gasteiger partial charge in [-0.15, -0.1) is 0 Å². The summed E-state index contributed by atoms with van der Waals surface area (Å²) in [5.41, 5.74) is 3.56. The number of hydrogen-bond donors (Lipinski definition) is 1. The number of aromatic nitrogens is 2. The normalized spacial score (nSPS) is 10.8. The number of amides is 1. The molecule has 144 valence electrons. The van der Waals surface area contributed by atoms with Crippen LogP contribution in [0.5, 0.6) is 0 Å². The number of nitrogens with one attached hydrogen (secondary N) is 1. The van der Waals surface area contributed by atoms with Gasteiger partial charge in [-0.2, -0.15) is 0 Å². The first-order valence-electron chi connectivity index (χ1n) is 9.47. The minimum Gasteiger partial charge on any atom is -0.340 e. The Labute approximate surface area is 166 Å². The van der Waals surface area contributed by atoms with Crippen molar-refractivity contribution in [1.29, 1.82) is 0 Å². The van der Waals surface area contributed by atoms with Crippen LogP contribution in [0.4, 0.5) is 11.5 Å². The van der Waals surface area contributed by atoms with Crippen LogP contribution in [0.25, 0.3) is 0 Å². The van der Waals surface area contributed by atoms with Gasteiger partial charge >= 0.3 is 0 Å². The summed E-state index contributed by atoms with van der Waals surface area (Å²) in [7, 11) is 0. The topological polar surface area (TPSA) is 58.1 Å². The van der Waals surface area contributed by atoms with E-state index in [1.807, 2.05) is 80.3 Å². The molecule has 0 aliphatic heterocycles. The monoisotopic (exact) mass is 374 g/mol. The average molecular weight is 374 g/mol. The second kappa shape index (κ2) is 8.65. The molecule has 3 rings (SSSR count). The third-order valence-electron chi connectivity index (χ3n) is 4.54. The first kappa shape index (κ1) is 19.5. The summed E-state index contributed by atoms with van der Waals surface area (Å²) in [6.45, 7) is 8.41. The van der Waals surface area contributed by atoms with Gasteiger partial charge in [0.2, 0.25) is 0 Å². The van der Waals surface area contributed by atoms with Gasteiger partial charge in [-0.1, -0.05) is 48.5 Å². The number of carbonyl (C=O) groups excluding carboxylic acids is 1. The molecule has 1 N–H and O–H groups in total. The van der Waals surface area contributed by atoms with Crippen LogP contribution in [-0.2, 0) is 6.54 Å². The molecule has 5 nitrogen and oxygen atoms in total. The molecule has 1 aromatic heterocycles. The minimum atomic E-state index is -0.0998. The van der Waals surface area contributed by atoms with Crippen molar-refractivity contribution in [2.45, 2.75) is 40.3 Å². The third kappa shape index (κ3) is 4.74. The predicted molar refractivity (Wildman–Crippen MR) is 113 cm³/mol. The van der Waals surface area contributed by atoms with Crippen molar-refractivity contribution >= 4 is 17.4 Å². The Hall–Kier alpha value is -3.21. The Bertz CT molecular complexity index is 954. The van der Waals surface area contributed by atoms with E-state index in [1.165, 1.54) is 0 Å². The zero-order valence-corrected chi connectivity index (χ0v) is 16.8. The summed E-state index contributed by atoms with van der Waals surface area (Å²) in [5, 5.41) is 3.30. The van der Waals surface area contributed by atoms with Crippen molar-refractivity contribution in [2.24, 2.45) is 0 Å². The van der Waals surface area contributed by atoms with Gasteiger partial charge in [-0.05, 0) is 44.9 Å². The molecule has 5 heteroatoms. The molecule has 0 aliphatic carbocycles. The quantitative estimate of drug-likeness (QED) is 0.667. The molecule has 0 fully saturated rings. The van der Waals surface area contributed by atoms with Gasteiger partial charge < -0.3 is 10.2 Å². The molecule has 2 aromatic carbocycles. The van der Waals surface area contributed by atoms with E-state index < -0.39 is 0 Å². The number of aryl methyl sites for hydroxylation is 2. The zero-order valence-electron chi connectivity index (χ0n) is 16.8. The molecule has 28 heavy (non-hydrogen) atoms. The summed E-state index contributed by atoms with van der Waals surface area (Å²) >= 11 is 0. The highest BCUT2D eigenvalue weighted by molar-refractivity contribution is 5.93. The fourth-order valence-electron chi connectivity index (χ4n) is 3.01. The smallest absolute Gasteiger partial charge is 0.273 e. The van der Waals surface area contributed by atoms with Gasteiger partial charge in [0, 0.05) is 24.3 Å². The standard InChI is InChI=1S/C23H26N4O/c1-16(2)27(15-19-11-6-5-7-12-19)23(28)21-14-22(25-18(4)24-21)26-20-13-9-8-10-17(20)3/h5-14,16H,15H2,1-4H3,(H,24,25,26). The van der Waals surface area contributed by atoms with Crippen LogP contribution < -0.4 is 5.32 Å². The van der Waals surface area contributed by atoms with Crippen LogP contribution in [0.1, 0.15) is 41.3 Å². The highest BCUT2D eigenvalue weighted by Gasteiger charge is 2.21. The average Bonchev–Trinajstić information content (AvgIpc) is 2.67. The number of hydrogen-bond acceptors (Lipinski definition) is 4. The number of anilines is 2. The lowest BCUT2D eigenvalue weighted by Gasteiger charge is -2.27. The van der Waals surface area contributed by atoms with E-state index in [0.29, 0.717) is 23.9 Å². The van der Waals surface area contributed by atoms with Gasteiger partial charge in [0.25, 0.3) is 5.91 Å². The van der Waals surface area contributed by atoms with Crippen molar-refractivity contribution < 1.29 is 4.79 Å². The number of para-hydroxylation sites is 1. The number of nitrogens with zero attached hydrogens (tertiary/aromatic N) is 3. The SMILES string of the molecule is Cc1nc(Nc2ccccc2C)cc(C(=O)N(Cc2ccccc2)C(C)C)n1. The number of benzene rings is 2. The first-order valence-corrected chi connectivity index (χ1v) is 9.47. The van der Waals surface area contributed by atoms with Gasteiger partial charge in [0.05, 0.1) is 0 Å². The molecule has 0 bridgehead atoms. The molecule has 1 amide bonds. The predicted octanol–water partition coefficient (Wildman–Crippen LogP) is 4.89. The maximum atomic E-state index is 13.2. The number of rotatable bonds is 6. The fourth-order valence-corrected chi connectivity index (χ4v) is 3.01. The van der Waals surface area contributed by atoms with Crippen LogP contribution in [0, 0.1) is 13.8 Å². The lowest BCUT2D eigenvalue weighted by atomic mass is 10.1. The van der Waals surface area contributed by atoms with Gasteiger partial charge in [-0.25, -0.2) is 9.97 Å². The molecule has 0 saturated heterocycles. The molecule has 0 aliphatic rings. The third-order valence-corrected chi connectivity index (χ3v) is 4.54. The van der Waals surface area contributed by atoms with E-state index in [2.05, 4.69) is 15.3 Å². The van der Waals surface area contributed by atoms with Crippen LogP contribution >= 0.6 is 0 Å². The largest absolute Gasteiger partial charge is 0.340 e. The van der Waals surface area contributed by atoms with Crippen molar-refractivity contribution in [3.05, 3.63) is 83.3 Å². The van der Waals surface area contributed by atoms with Crippen LogP contribution in [0.2, 0.25) is 0 Å². The van der Waals surface area contributed by atoms with Gasteiger partial charge in [-0.3, -0.25) is 4.79 Å². The van der Waals surface area contributed by atoms with E-state index in [0.717, 1.165) is 16.8 Å². The number of carbonyl (C=O) groups is 1. The van der Waals surface area contributed by atoms with Gasteiger partial charge in [0.1, 0.15) is 17.3 Å². The van der Waals surface area contributed by atoms with Crippen LogP contribution in [-0.4, -0.2) is 26.8 Å². The van der Waals surface area contributed by atoms with E-state index in [9.17, 15) is 4.79 Å². The second-order valence-electron chi connectivity index (χ2n) is 7.14. The molecule has 0 unspecified atom stereocenters. The summed E-state index contributed by atoms with van der Waals surface area (Å²) in [6, 6.07) is 19.8. The van der Waals surface area contributed by atoms with Crippen molar-refractivity contribution in [2.75, 3.05) is 5.32 Å². The molecule has 0 saturated carbocycles. The Kier molecular flexibility index (Phi) is 6.04. The second-order valence-corrected chi connectivity index (χ2v) is 7.14. The van der Waals surface area contributed by atoms with E-state index >= 15 is 0 Å². The molecule has 0 atom stereocenters. The Morgan fingerprint density at radius 2 is 1.68 bits per heavy atom. The maximum Gasteiger partial charge on any atom is 0.273 e. The highest BCUT2D eigenvalue weighted by atomic mass is 16.2. The summed E-state index contributed by atoms with van der Waals surface area (Å²) in [4.78, 5) is 23.9. The molecule has 0 spiro atoms. The van der Waals surface area contributed by atoms with Crippen LogP contribution in [0.3, 0.4) is 0 Å². The van der Waals surface area contributed by atoms with Crippen molar-refractivity contribution in [3.63, 3.8) is 0 Å². The minimum absolute atomic E-state index is 0.0516. The lowest BCUT2D eigenvalue weighted by molar-refractivity contribution is 0.0684. The van der Waals surface area contributed by atoms with E-state index in [1.54, 1.807) is 13.0 Å². The summed E-state index contributed by atoms with van der Waals surface area (Å²) < 4.78 is 0. The van der Waals surface area contributed by atoms with Crippen molar-refractivity contribution in [3.8, 4) is 0 Å². The fraction of sp³-hybridized carbons (Fsp3) is 0.261. The molecular formula is C23H26N4O. The molecule has 0 radical (unpaired) electrons. The molecular weight excluding hydrogens is 348 g/mol.